The van der Waals surface area contributed by atoms with Crippen molar-refractivity contribution < 1.29 is 0 Å². The molecule has 0 radical (unpaired) electrons. The fourth-order valence-corrected chi connectivity index (χ4v) is 1.95. The molecule has 1 aromatic rings. The van der Waals surface area contributed by atoms with Gasteiger partial charge in [0.1, 0.15) is 5.00 Å². The van der Waals surface area contributed by atoms with Gasteiger partial charge in [0.15, 0.2) is 0 Å². The molecule has 0 bridgehead atoms. The van der Waals surface area contributed by atoms with E-state index >= 15 is 0 Å². The molecule has 0 aliphatic heterocycles. The number of nitrogens with zero attached hydrogens (tertiary/aromatic N) is 2. The highest BCUT2D eigenvalue weighted by Crippen LogP contribution is 2.21. The lowest BCUT2D eigenvalue weighted by Gasteiger charge is -1.91. The number of rotatable bonds is 6. The first kappa shape index (κ1) is 12.2. The highest BCUT2D eigenvalue weighted by molar-refractivity contribution is 7.14. The number of unbranched alkanes of at least 4 members (excludes halogenated alkanes) is 3. The summed E-state index contributed by atoms with van der Waals surface area (Å²) in [5, 5.41) is 3.08. The Labute approximate surface area is 95.8 Å². The molecule has 0 saturated heterocycles. The predicted molar refractivity (Wildman–Crippen MR) is 67.6 cm³/mol. The standard InChI is InChI=1S/C12H18N2S/c1-3-4-5-6-7-13-10-14-12-8-11(2)9-15-12/h8-9H,3-7H2,1-2H3. The van der Waals surface area contributed by atoms with Crippen molar-refractivity contribution in [1.82, 2.24) is 0 Å². The summed E-state index contributed by atoms with van der Waals surface area (Å²) in [5.74, 6) is 0. The third-order valence-corrected chi connectivity index (χ3v) is 3.01. The van der Waals surface area contributed by atoms with Crippen molar-refractivity contribution in [3.8, 4) is 0 Å². The van der Waals surface area contributed by atoms with Gasteiger partial charge in [-0.05, 0) is 30.4 Å². The van der Waals surface area contributed by atoms with Gasteiger partial charge in [-0.1, -0.05) is 26.2 Å². The van der Waals surface area contributed by atoms with Crippen molar-refractivity contribution in [3.05, 3.63) is 17.0 Å². The van der Waals surface area contributed by atoms with Crippen LogP contribution in [-0.4, -0.2) is 12.6 Å². The van der Waals surface area contributed by atoms with Crippen molar-refractivity contribution in [1.29, 1.82) is 0 Å². The van der Waals surface area contributed by atoms with Crippen LogP contribution in [0.5, 0.6) is 0 Å². The molecule has 0 aromatic carbocycles. The summed E-state index contributed by atoms with van der Waals surface area (Å²) >= 11 is 1.63. The minimum Gasteiger partial charge on any atom is -0.225 e. The topological polar surface area (TPSA) is 24.7 Å². The highest BCUT2D eigenvalue weighted by Gasteiger charge is 1.90. The van der Waals surface area contributed by atoms with E-state index < -0.39 is 0 Å². The van der Waals surface area contributed by atoms with Gasteiger partial charge < -0.3 is 0 Å². The average molecular weight is 222 g/mol. The first-order valence-electron chi connectivity index (χ1n) is 5.50. The Morgan fingerprint density at radius 3 is 2.87 bits per heavy atom. The molecule has 0 spiro atoms. The predicted octanol–water partition coefficient (Wildman–Crippen LogP) is 4.44. The lowest BCUT2D eigenvalue weighted by Crippen LogP contribution is -1.80. The van der Waals surface area contributed by atoms with Gasteiger partial charge in [0.2, 0.25) is 0 Å². The number of hydrogen-bond donors (Lipinski definition) is 0. The molecular formula is C12H18N2S. The van der Waals surface area contributed by atoms with E-state index in [0.717, 1.165) is 18.0 Å². The lowest BCUT2D eigenvalue weighted by molar-refractivity contribution is 0.676. The number of aliphatic imine (C=N–C) groups is 2. The molecule has 1 aromatic heterocycles. The van der Waals surface area contributed by atoms with Crippen LogP contribution >= 0.6 is 11.3 Å². The molecule has 1 heterocycles. The smallest absolute Gasteiger partial charge is 0.127 e. The summed E-state index contributed by atoms with van der Waals surface area (Å²) in [6.07, 6.45) is 4.99. The van der Waals surface area contributed by atoms with Crippen molar-refractivity contribution in [2.45, 2.75) is 39.5 Å². The molecule has 2 nitrogen and oxygen atoms in total. The van der Waals surface area contributed by atoms with E-state index in [0.29, 0.717) is 0 Å². The summed E-state index contributed by atoms with van der Waals surface area (Å²) in [5.41, 5.74) is 1.25. The second-order valence-electron chi connectivity index (χ2n) is 3.62. The van der Waals surface area contributed by atoms with Crippen LogP contribution in [0.25, 0.3) is 0 Å². The van der Waals surface area contributed by atoms with Crippen LogP contribution < -0.4 is 0 Å². The largest absolute Gasteiger partial charge is 0.225 e. The SMILES string of the molecule is CCCCCCN=C=Nc1cc(C)cs1. The molecule has 0 fully saturated rings. The third-order valence-electron chi connectivity index (χ3n) is 2.07. The molecule has 82 valence electrons. The van der Waals surface area contributed by atoms with Crippen LogP contribution in [-0.2, 0) is 0 Å². The second-order valence-corrected chi connectivity index (χ2v) is 4.51. The Bertz CT molecular complexity index is 335. The fraction of sp³-hybridized carbons (Fsp3) is 0.583. The average Bonchev–Trinajstić information content (AvgIpc) is 2.63. The molecule has 0 aliphatic rings. The first-order chi connectivity index (χ1) is 7.33. The minimum atomic E-state index is 0.855. The van der Waals surface area contributed by atoms with E-state index in [1.807, 2.05) is 6.07 Å². The number of aryl methyl sites for hydroxylation is 1. The first-order valence-corrected chi connectivity index (χ1v) is 6.38. The van der Waals surface area contributed by atoms with E-state index in [-0.39, 0.29) is 0 Å². The van der Waals surface area contributed by atoms with Gasteiger partial charge in [-0.25, -0.2) is 4.99 Å². The fourth-order valence-electron chi connectivity index (χ4n) is 1.23. The Morgan fingerprint density at radius 2 is 2.20 bits per heavy atom. The lowest BCUT2D eigenvalue weighted by atomic mass is 10.2. The molecule has 0 amide bonds. The van der Waals surface area contributed by atoms with Gasteiger partial charge in [-0.2, -0.15) is 4.99 Å². The summed E-state index contributed by atoms with van der Waals surface area (Å²) in [6.45, 7) is 5.13. The van der Waals surface area contributed by atoms with Gasteiger partial charge in [-0.15, -0.1) is 11.3 Å². The van der Waals surface area contributed by atoms with Crippen LogP contribution in [0.15, 0.2) is 21.4 Å². The van der Waals surface area contributed by atoms with E-state index in [4.69, 9.17) is 0 Å². The summed E-state index contributed by atoms with van der Waals surface area (Å²) in [4.78, 5) is 8.28. The molecule has 3 heteroatoms. The number of hydrogen-bond acceptors (Lipinski definition) is 3. The summed E-state index contributed by atoms with van der Waals surface area (Å²) in [6, 6.07) is 4.80. The molecule has 0 saturated carbocycles. The second kappa shape index (κ2) is 7.38. The molecule has 0 aliphatic carbocycles. The van der Waals surface area contributed by atoms with Gasteiger partial charge in [0.25, 0.3) is 0 Å². The van der Waals surface area contributed by atoms with Crippen LogP contribution in [0.3, 0.4) is 0 Å². The number of thiophene rings is 1. The zero-order valence-corrected chi connectivity index (χ0v) is 10.3. The monoisotopic (exact) mass is 222 g/mol. The maximum absolute atomic E-state index is 4.15. The zero-order valence-electron chi connectivity index (χ0n) is 9.49. The molecule has 0 atom stereocenters. The molecule has 0 N–H and O–H groups in total. The van der Waals surface area contributed by atoms with Crippen LogP contribution in [0, 0.1) is 6.92 Å². The molecule has 0 unspecified atom stereocenters. The quantitative estimate of drug-likeness (QED) is 0.502. The normalized spacial score (nSPS) is 9.73. The summed E-state index contributed by atoms with van der Waals surface area (Å²) < 4.78 is 0. The minimum absolute atomic E-state index is 0.855. The van der Waals surface area contributed by atoms with Gasteiger partial charge in [0, 0.05) is 6.54 Å². The van der Waals surface area contributed by atoms with Crippen LogP contribution in [0.4, 0.5) is 5.00 Å². The zero-order chi connectivity index (χ0) is 10.9. The summed E-state index contributed by atoms with van der Waals surface area (Å²) in [7, 11) is 0. The van der Waals surface area contributed by atoms with Crippen LogP contribution in [0.1, 0.15) is 38.2 Å². The highest BCUT2D eigenvalue weighted by atomic mass is 32.1. The van der Waals surface area contributed by atoms with E-state index in [9.17, 15) is 0 Å². The van der Waals surface area contributed by atoms with Crippen molar-refractivity contribution >= 4 is 22.3 Å². The maximum Gasteiger partial charge on any atom is 0.127 e. The van der Waals surface area contributed by atoms with Crippen LogP contribution in [0.2, 0.25) is 0 Å². The van der Waals surface area contributed by atoms with Crippen molar-refractivity contribution in [2.24, 2.45) is 9.98 Å². The van der Waals surface area contributed by atoms with Gasteiger partial charge in [0.05, 0.1) is 6.01 Å². The Morgan fingerprint density at radius 1 is 1.33 bits per heavy atom. The Hall–Kier alpha value is -0.920. The Kier molecular flexibility index (Phi) is 5.98. The van der Waals surface area contributed by atoms with Gasteiger partial charge >= 0.3 is 0 Å². The van der Waals surface area contributed by atoms with E-state index in [2.05, 4.69) is 35.2 Å². The molecule has 1 rings (SSSR count). The van der Waals surface area contributed by atoms with Gasteiger partial charge in [-0.3, -0.25) is 0 Å². The molecular weight excluding hydrogens is 204 g/mol. The Balaban J connectivity index is 2.22. The van der Waals surface area contributed by atoms with Crippen molar-refractivity contribution in [3.63, 3.8) is 0 Å². The molecule has 15 heavy (non-hydrogen) atoms. The third kappa shape index (κ3) is 5.50. The van der Waals surface area contributed by atoms with E-state index in [1.54, 1.807) is 11.3 Å². The maximum atomic E-state index is 4.15. The van der Waals surface area contributed by atoms with Crippen molar-refractivity contribution in [2.75, 3.05) is 6.54 Å². The van der Waals surface area contributed by atoms with E-state index in [1.165, 1.54) is 24.8 Å².